The number of anilines is 1. The average molecular weight is 290 g/mol. The second kappa shape index (κ2) is 5.22. The first-order valence-electron chi connectivity index (χ1n) is 6.07. The lowest BCUT2D eigenvalue weighted by Crippen LogP contribution is -2.10. The van der Waals surface area contributed by atoms with Gasteiger partial charge in [0.2, 0.25) is 0 Å². The highest BCUT2D eigenvalue weighted by atomic mass is 32.1. The Balaban J connectivity index is 1.79. The minimum Gasteiger partial charge on any atom is -0.368 e. The summed E-state index contributed by atoms with van der Waals surface area (Å²) in [5.74, 6) is 1.30. The zero-order valence-corrected chi connectivity index (χ0v) is 12.4. The van der Waals surface area contributed by atoms with Gasteiger partial charge in [-0.3, -0.25) is 0 Å². The zero-order valence-electron chi connectivity index (χ0n) is 10.8. The van der Waals surface area contributed by atoms with Crippen LogP contribution in [0.4, 0.5) is 5.82 Å². The number of rotatable bonds is 4. The molecule has 1 unspecified atom stereocenters. The average Bonchev–Trinajstić information content (AvgIpc) is 3.07. The van der Waals surface area contributed by atoms with Gasteiger partial charge in [0.1, 0.15) is 12.1 Å². The Morgan fingerprint density at radius 2 is 2.16 bits per heavy atom. The van der Waals surface area contributed by atoms with E-state index in [0.717, 1.165) is 27.6 Å². The van der Waals surface area contributed by atoms with Crippen molar-refractivity contribution in [3.8, 4) is 0 Å². The molecule has 0 bridgehead atoms. The van der Waals surface area contributed by atoms with Gasteiger partial charge in [0, 0.05) is 24.0 Å². The third-order valence-electron chi connectivity index (χ3n) is 2.98. The molecular weight excluding hydrogens is 276 g/mol. The number of nitrogens with one attached hydrogen (secondary N) is 1. The number of nitrogens with zero attached hydrogens (tertiary/aromatic N) is 3. The van der Waals surface area contributed by atoms with Gasteiger partial charge in [-0.25, -0.2) is 15.0 Å². The summed E-state index contributed by atoms with van der Waals surface area (Å²) in [6.45, 7) is 5.08. The van der Waals surface area contributed by atoms with Gasteiger partial charge >= 0.3 is 0 Å². The van der Waals surface area contributed by atoms with Crippen molar-refractivity contribution < 1.29 is 0 Å². The molecule has 3 heterocycles. The Morgan fingerprint density at radius 3 is 2.95 bits per heavy atom. The molecule has 3 aromatic heterocycles. The molecule has 4 nitrogen and oxygen atoms in total. The van der Waals surface area contributed by atoms with Crippen LogP contribution in [0, 0.1) is 6.92 Å². The van der Waals surface area contributed by atoms with Crippen LogP contribution >= 0.6 is 22.7 Å². The van der Waals surface area contributed by atoms with E-state index >= 15 is 0 Å². The standard InChI is InChI=1S/C13H14N4S2/c1-8(13-14-3-4-18-13)5-15-12-11-10(16-7-17-12)9(2)6-19-11/h3-4,6-8H,5H2,1-2H3,(H,15,16,17). The van der Waals surface area contributed by atoms with Crippen molar-refractivity contribution in [3.05, 3.63) is 33.9 Å². The Hall–Kier alpha value is -1.53. The van der Waals surface area contributed by atoms with E-state index in [-0.39, 0.29) is 0 Å². The summed E-state index contributed by atoms with van der Waals surface area (Å²) in [5.41, 5.74) is 2.25. The third-order valence-corrected chi connectivity index (χ3v) is 5.08. The van der Waals surface area contributed by atoms with Gasteiger partial charge < -0.3 is 5.32 Å². The minimum absolute atomic E-state index is 0.381. The fourth-order valence-electron chi connectivity index (χ4n) is 1.91. The summed E-state index contributed by atoms with van der Waals surface area (Å²) in [6, 6.07) is 0. The highest BCUT2D eigenvalue weighted by molar-refractivity contribution is 7.18. The van der Waals surface area contributed by atoms with E-state index < -0.39 is 0 Å². The summed E-state index contributed by atoms with van der Waals surface area (Å²) < 4.78 is 1.13. The highest BCUT2D eigenvalue weighted by Gasteiger charge is 2.11. The monoisotopic (exact) mass is 290 g/mol. The molecule has 0 aliphatic carbocycles. The van der Waals surface area contributed by atoms with Crippen LogP contribution in [0.15, 0.2) is 23.3 Å². The molecule has 98 valence electrons. The smallest absolute Gasteiger partial charge is 0.147 e. The largest absolute Gasteiger partial charge is 0.368 e. The molecule has 0 amide bonds. The van der Waals surface area contributed by atoms with Gasteiger partial charge in [0.15, 0.2) is 0 Å². The molecule has 1 atom stereocenters. The molecule has 0 aliphatic heterocycles. The number of aryl methyl sites for hydroxylation is 1. The van der Waals surface area contributed by atoms with E-state index in [0.29, 0.717) is 5.92 Å². The molecule has 19 heavy (non-hydrogen) atoms. The first-order valence-corrected chi connectivity index (χ1v) is 7.83. The molecular formula is C13H14N4S2. The molecule has 3 rings (SSSR count). The predicted molar refractivity (Wildman–Crippen MR) is 81.2 cm³/mol. The minimum atomic E-state index is 0.381. The van der Waals surface area contributed by atoms with Crippen LogP contribution in [0.1, 0.15) is 23.4 Å². The normalized spacial score (nSPS) is 12.7. The van der Waals surface area contributed by atoms with Crippen molar-refractivity contribution >= 4 is 38.7 Å². The molecule has 0 radical (unpaired) electrons. The van der Waals surface area contributed by atoms with Crippen molar-refractivity contribution in [2.24, 2.45) is 0 Å². The summed E-state index contributed by atoms with van der Waals surface area (Å²) in [7, 11) is 0. The maximum Gasteiger partial charge on any atom is 0.147 e. The molecule has 0 aliphatic rings. The number of hydrogen-bond donors (Lipinski definition) is 1. The van der Waals surface area contributed by atoms with Gasteiger partial charge in [-0.2, -0.15) is 0 Å². The topological polar surface area (TPSA) is 50.7 Å². The molecule has 1 N–H and O–H groups in total. The first-order chi connectivity index (χ1) is 9.25. The molecule has 0 saturated heterocycles. The summed E-state index contributed by atoms with van der Waals surface area (Å²) in [4.78, 5) is 13.0. The number of fused-ring (bicyclic) bond motifs is 1. The lowest BCUT2D eigenvalue weighted by atomic mass is 10.2. The first kappa shape index (κ1) is 12.5. The van der Waals surface area contributed by atoms with E-state index in [4.69, 9.17) is 0 Å². The molecule has 6 heteroatoms. The van der Waals surface area contributed by atoms with E-state index in [2.05, 4.69) is 39.5 Å². The zero-order chi connectivity index (χ0) is 13.2. The lowest BCUT2D eigenvalue weighted by Gasteiger charge is -2.10. The Morgan fingerprint density at radius 1 is 1.26 bits per heavy atom. The van der Waals surface area contributed by atoms with Crippen LogP contribution in [-0.4, -0.2) is 21.5 Å². The van der Waals surface area contributed by atoms with Crippen molar-refractivity contribution in [3.63, 3.8) is 0 Å². The van der Waals surface area contributed by atoms with Crippen molar-refractivity contribution in [1.82, 2.24) is 15.0 Å². The Kier molecular flexibility index (Phi) is 3.44. The molecule has 0 saturated carbocycles. The summed E-state index contributed by atoms with van der Waals surface area (Å²) in [6.07, 6.45) is 3.47. The SMILES string of the molecule is Cc1csc2c(NCC(C)c3nccs3)ncnc12. The third kappa shape index (κ3) is 2.46. The van der Waals surface area contributed by atoms with Crippen LogP contribution in [0.25, 0.3) is 10.2 Å². The quantitative estimate of drug-likeness (QED) is 0.796. The van der Waals surface area contributed by atoms with E-state index in [9.17, 15) is 0 Å². The fourth-order valence-corrected chi connectivity index (χ4v) is 3.58. The molecule has 3 aromatic rings. The van der Waals surface area contributed by atoms with Gasteiger partial charge in [0.25, 0.3) is 0 Å². The number of thiazole rings is 1. The fraction of sp³-hybridized carbons (Fsp3) is 0.308. The number of hydrogen-bond acceptors (Lipinski definition) is 6. The predicted octanol–water partition coefficient (Wildman–Crippen LogP) is 3.67. The second-order valence-corrected chi connectivity index (χ2v) is 6.28. The van der Waals surface area contributed by atoms with Crippen LogP contribution in [0.3, 0.4) is 0 Å². The lowest BCUT2D eigenvalue weighted by molar-refractivity contribution is 0.792. The van der Waals surface area contributed by atoms with Crippen LogP contribution in [-0.2, 0) is 0 Å². The van der Waals surface area contributed by atoms with Crippen LogP contribution in [0.5, 0.6) is 0 Å². The molecule has 0 aromatic carbocycles. The van der Waals surface area contributed by atoms with Crippen LogP contribution in [0.2, 0.25) is 0 Å². The summed E-state index contributed by atoms with van der Waals surface area (Å²) >= 11 is 3.38. The van der Waals surface area contributed by atoms with Crippen LogP contribution < -0.4 is 5.32 Å². The van der Waals surface area contributed by atoms with E-state index in [1.807, 2.05) is 11.6 Å². The van der Waals surface area contributed by atoms with E-state index in [1.165, 1.54) is 5.56 Å². The van der Waals surface area contributed by atoms with Crippen molar-refractivity contribution in [2.45, 2.75) is 19.8 Å². The second-order valence-electron chi connectivity index (χ2n) is 4.47. The van der Waals surface area contributed by atoms with Crippen molar-refractivity contribution in [1.29, 1.82) is 0 Å². The van der Waals surface area contributed by atoms with Gasteiger partial charge in [-0.1, -0.05) is 6.92 Å². The van der Waals surface area contributed by atoms with Gasteiger partial charge in [0.05, 0.1) is 15.2 Å². The Labute approximate surface area is 119 Å². The van der Waals surface area contributed by atoms with Crippen molar-refractivity contribution in [2.75, 3.05) is 11.9 Å². The molecule has 0 spiro atoms. The highest BCUT2D eigenvalue weighted by Crippen LogP contribution is 2.29. The maximum absolute atomic E-state index is 4.34. The molecule has 0 fully saturated rings. The number of aromatic nitrogens is 3. The van der Waals surface area contributed by atoms with Gasteiger partial charge in [-0.15, -0.1) is 22.7 Å². The number of thiophene rings is 1. The maximum atomic E-state index is 4.34. The summed E-state index contributed by atoms with van der Waals surface area (Å²) in [5, 5.41) is 8.70. The van der Waals surface area contributed by atoms with Gasteiger partial charge in [-0.05, 0) is 17.9 Å². The van der Waals surface area contributed by atoms with E-state index in [1.54, 1.807) is 29.0 Å². The Bertz CT molecular complexity index is 675.